The summed E-state index contributed by atoms with van der Waals surface area (Å²) >= 11 is 0. The molecule has 0 radical (unpaired) electrons. The Bertz CT molecular complexity index is 755. The number of benzene rings is 1. The van der Waals surface area contributed by atoms with Gasteiger partial charge in [0, 0.05) is 19.2 Å². The molecule has 0 aliphatic rings. The summed E-state index contributed by atoms with van der Waals surface area (Å²) in [7, 11) is 6.97. The number of para-hydroxylation sites is 1. The second-order valence-electron chi connectivity index (χ2n) is 6.04. The van der Waals surface area contributed by atoms with Crippen molar-refractivity contribution >= 4 is 11.6 Å². The first-order chi connectivity index (χ1) is 11.9. The molecule has 25 heavy (non-hydrogen) atoms. The van der Waals surface area contributed by atoms with Crippen molar-refractivity contribution in [2.75, 3.05) is 33.1 Å². The van der Waals surface area contributed by atoms with Gasteiger partial charge in [-0.05, 0) is 27.0 Å². The van der Waals surface area contributed by atoms with Gasteiger partial charge in [-0.15, -0.1) is 0 Å². The van der Waals surface area contributed by atoms with Crippen LogP contribution >= 0.6 is 0 Å². The number of anilines is 1. The minimum Gasteiger partial charge on any atom is -0.493 e. The molecule has 1 heterocycles. The summed E-state index contributed by atoms with van der Waals surface area (Å²) in [6.45, 7) is 4.64. The number of ether oxygens (including phenoxy) is 2. The molecule has 1 aromatic carbocycles. The van der Waals surface area contributed by atoms with E-state index in [-0.39, 0.29) is 12.5 Å². The van der Waals surface area contributed by atoms with E-state index in [4.69, 9.17) is 9.47 Å². The molecule has 1 amide bonds. The standard InChI is InChI=1S/C18H26N4O3/c1-12-17(13(2)22(4)20-12)19-16(23)11-21(3)10-14-8-7-9-15(24-5)18(14)25-6/h7-9H,10-11H2,1-6H3,(H,19,23). The molecule has 136 valence electrons. The first-order valence-corrected chi connectivity index (χ1v) is 8.05. The summed E-state index contributed by atoms with van der Waals surface area (Å²) in [6, 6.07) is 5.72. The maximum absolute atomic E-state index is 12.4. The maximum Gasteiger partial charge on any atom is 0.238 e. The number of nitrogens with one attached hydrogen (secondary N) is 1. The first-order valence-electron chi connectivity index (χ1n) is 8.05. The molecule has 0 aliphatic carbocycles. The molecule has 0 atom stereocenters. The molecule has 0 unspecified atom stereocenters. The molecule has 0 spiro atoms. The molecule has 2 aromatic rings. The van der Waals surface area contributed by atoms with Crippen LogP contribution in [0.5, 0.6) is 11.5 Å². The summed E-state index contributed by atoms with van der Waals surface area (Å²) < 4.78 is 12.5. The summed E-state index contributed by atoms with van der Waals surface area (Å²) in [4.78, 5) is 14.3. The topological polar surface area (TPSA) is 68.6 Å². The van der Waals surface area contributed by atoms with E-state index in [0.717, 1.165) is 22.6 Å². The number of nitrogens with zero attached hydrogens (tertiary/aromatic N) is 3. The second-order valence-corrected chi connectivity index (χ2v) is 6.04. The van der Waals surface area contributed by atoms with Gasteiger partial charge < -0.3 is 14.8 Å². The van der Waals surface area contributed by atoms with E-state index in [1.54, 1.807) is 18.9 Å². The largest absolute Gasteiger partial charge is 0.493 e. The number of methoxy groups -OCH3 is 2. The number of carbonyl (C=O) groups is 1. The van der Waals surface area contributed by atoms with E-state index < -0.39 is 0 Å². The van der Waals surface area contributed by atoms with Crippen LogP contribution in [0.1, 0.15) is 17.0 Å². The molecule has 1 N–H and O–H groups in total. The van der Waals surface area contributed by atoms with E-state index in [2.05, 4.69) is 10.4 Å². The Morgan fingerprint density at radius 3 is 2.56 bits per heavy atom. The van der Waals surface area contributed by atoms with Crippen LogP contribution in [0.4, 0.5) is 5.69 Å². The normalized spacial score (nSPS) is 10.8. The highest BCUT2D eigenvalue weighted by molar-refractivity contribution is 5.93. The van der Waals surface area contributed by atoms with Crippen molar-refractivity contribution in [3.8, 4) is 11.5 Å². The lowest BCUT2D eigenvalue weighted by atomic mass is 10.1. The van der Waals surface area contributed by atoms with Gasteiger partial charge in [-0.2, -0.15) is 5.10 Å². The van der Waals surface area contributed by atoms with Gasteiger partial charge in [0.25, 0.3) is 0 Å². The third kappa shape index (κ3) is 4.30. The zero-order valence-electron chi connectivity index (χ0n) is 15.7. The zero-order valence-corrected chi connectivity index (χ0v) is 15.7. The Labute approximate surface area is 148 Å². The van der Waals surface area contributed by atoms with Crippen LogP contribution in [0.3, 0.4) is 0 Å². The molecule has 7 heteroatoms. The Morgan fingerprint density at radius 1 is 1.28 bits per heavy atom. The molecule has 7 nitrogen and oxygen atoms in total. The zero-order chi connectivity index (χ0) is 18.6. The molecule has 0 fully saturated rings. The average molecular weight is 346 g/mol. The van der Waals surface area contributed by atoms with Crippen molar-refractivity contribution in [3.05, 3.63) is 35.2 Å². The molecule has 0 saturated heterocycles. The highest BCUT2D eigenvalue weighted by Crippen LogP contribution is 2.31. The maximum atomic E-state index is 12.4. The van der Waals surface area contributed by atoms with Crippen LogP contribution in [0.2, 0.25) is 0 Å². The first kappa shape index (κ1) is 18.8. The van der Waals surface area contributed by atoms with E-state index in [1.807, 2.05) is 51.0 Å². The molecule has 0 aliphatic heterocycles. The van der Waals surface area contributed by atoms with Crippen LogP contribution in [0, 0.1) is 13.8 Å². The SMILES string of the molecule is COc1cccc(CN(C)CC(=O)Nc2c(C)nn(C)c2C)c1OC. The van der Waals surface area contributed by atoms with Gasteiger partial charge in [0.15, 0.2) is 11.5 Å². The van der Waals surface area contributed by atoms with Gasteiger partial charge in [-0.25, -0.2) is 0 Å². The monoisotopic (exact) mass is 346 g/mol. The lowest BCUT2D eigenvalue weighted by Gasteiger charge is -2.19. The highest BCUT2D eigenvalue weighted by Gasteiger charge is 2.16. The molecule has 0 bridgehead atoms. The number of hydrogen-bond acceptors (Lipinski definition) is 5. The van der Waals surface area contributed by atoms with Crippen LogP contribution in [0.25, 0.3) is 0 Å². The van der Waals surface area contributed by atoms with Gasteiger partial charge in [-0.1, -0.05) is 12.1 Å². The summed E-state index contributed by atoms with van der Waals surface area (Å²) in [5.41, 5.74) is 3.49. The minimum atomic E-state index is -0.0800. The van der Waals surface area contributed by atoms with Crippen LogP contribution < -0.4 is 14.8 Å². The van der Waals surface area contributed by atoms with Crippen molar-refractivity contribution in [2.45, 2.75) is 20.4 Å². The number of aryl methyl sites for hydroxylation is 2. The number of likely N-dealkylation sites (N-methyl/N-ethyl adjacent to an activating group) is 1. The van der Waals surface area contributed by atoms with Crippen LogP contribution in [-0.4, -0.2) is 48.4 Å². The van der Waals surface area contributed by atoms with Gasteiger partial charge in [0.1, 0.15) is 0 Å². The second kappa shape index (κ2) is 8.02. The third-order valence-electron chi connectivity index (χ3n) is 4.11. The third-order valence-corrected chi connectivity index (χ3v) is 4.11. The van der Waals surface area contributed by atoms with Gasteiger partial charge in [0.2, 0.25) is 5.91 Å². The van der Waals surface area contributed by atoms with Crippen molar-refractivity contribution in [1.82, 2.24) is 14.7 Å². The summed E-state index contributed by atoms with van der Waals surface area (Å²) in [5.74, 6) is 1.29. The Hall–Kier alpha value is -2.54. The number of carbonyl (C=O) groups excluding carboxylic acids is 1. The Morgan fingerprint density at radius 2 is 2.00 bits per heavy atom. The molecule has 2 rings (SSSR count). The van der Waals surface area contributed by atoms with E-state index in [1.165, 1.54) is 0 Å². The quantitative estimate of drug-likeness (QED) is 0.832. The van der Waals surface area contributed by atoms with Crippen LogP contribution in [-0.2, 0) is 18.4 Å². The fourth-order valence-corrected chi connectivity index (χ4v) is 2.80. The number of aromatic nitrogens is 2. The Balaban J connectivity index is 2.03. The van der Waals surface area contributed by atoms with E-state index in [9.17, 15) is 4.79 Å². The number of amides is 1. The van der Waals surface area contributed by atoms with E-state index >= 15 is 0 Å². The summed E-state index contributed by atoms with van der Waals surface area (Å²) in [6.07, 6.45) is 0. The number of hydrogen-bond donors (Lipinski definition) is 1. The molecule has 0 saturated carbocycles. The van der Waals surface area contributed by atoms with Crippen molar-refractivity contribution in [1.29, 1.82) is 0 Å². The van der Waals surface area contributed by atoms with Crippen molar-refractivity contribution in [3.63, 3.8) is 0 Å². The van der Waals surface area contributed by atoms with E-state index in [0.29, 0.717) is 18.0 Å². The molecule has 1 aromatic heterocycles. The van der Waals surface area contributed by atoms with Crippen LogP contribution in [0.15, 0.2) is 18.2 Å². The highest BCUT2D eigenvalue weighted by atomic mass is 16.5. The van der Waals surface area contributed by atoms with Crippen molar-refractivity contribution < 1.29 is 14.3 Å². The van der Waals surface area contributed by atoms with Gasteiger partial charge >= 0.3 is 0 Å². The fraction of sp³-hybridized carbons (Fsp3) is 0.444. The predicted octanol–water partition coefficient (Wildman–Crippen LogP) is 2.12. The smallest absolute Gasteiger partial charge is 0.238 e. The average Bonchev–Trinajstić information content (AvgIpc) is 2.80. The lowest BCUT2D eigenvalue weighted by molar-refractivity contribution is -0.117. The molecular weight excluding hydrogens is 320 g/mol. The fourth-order valence-electron chi connectivity index (χ4n) is 2.80. The Kier molecular flexibility index (Phi) is 6.03. The van der Waals surface area contributed by atoms with Gasteiger partial charge in [0.05, 0.1) is 37.8 Å². The minimum absolute atomic E-state index is 0.0800. The lowest BCUT2D eigenvalue weighted by Crippen LogP contribution is -2.30. The van der Waals surface area contributed by atoms with Crippen molar-refractivity contribution in [2.24, 2.45) is 7.05 Å². The summed E-state index contributed by atoms with van der Waals surface area (Å²) in [5, 5.41) is 7.26. The number of rotatable bonds is 7. The predicted molar refractivity (Wildman–Crippen MR) is 97.2 cm³/mol. The molecular formula is C18H26N4O3. The van der Waals surface area contributed by atoms with Gasteiger partial charge in [-0.3, -0.25) is 14.4 Å².